The van der Waals surface area contributed by atoms with Crippen molar-refractivity contribution < 1.29 is 4.92 Å². The van der Waals surface area contributed by atoms with Crippen LogP contribution in [-0.2, 0) is 0 Å². The Bertz CT molecular complexity index is 606. The molecule has 2 aromatic rings. The quantitative estimate of drug-likeness (QED) is 0.595. The lowest BCUT2D eigenvalue weighted by atomic mass is 10.2. The summed E-state index contributed by atoms with van der Waals surface area (Å²) in [6.45, 7) is 0. The lowest BCUT2D eigenvalue weighted by Gasteiger charge is -1.98. The third-order valence-electron chi connectivity index (χ3n) is 1.99. The highest BCUT2D eigenvalue weighted by Crippen LogP contribution is 2.19. The molecule has 6 heteroatoms. The monoisotopic (exact) mass is 224 g/mol. The zero-order valence-corrected chi connectivity index (χ0v) is 8.12. The van der Waals surface area contributed by atoms with Crippen molar-refractivity contribution in [1.29, 1.82) is 0 Å². The number of hydrogen-bond donors (Lipinski definition) is 1. The fourth-order valence-corrected chi connectivity index (χ4v) is 1.45. The van der Waals surface area contributed by atoms with Crippen molar-refractivity contribution in [1.82, 2.24) is 4.98 Å². The standard InChI is InChI=1S/C9H5ClN2O3/c10-7-4-5-3-6(12(14)15)1-2-8(5)11-9(7)13/h1-4H,(H,11,13). The Labute approximate surface area is 88.5 Å². The van der Waals surface area contributed by atoms with Gasteiger partial charge in [0.2, 0.25) is 0 Å². The average Bonchev–Trinajstić information content (AvgIpc) is 2.19. The molecule has 0 aliphatic heterocycles. The van der Waals surface area contributed by atoms with Crippen molar-refractivity contribution in [3.63, 3.8) is 0 Å². The first kappa shape index (κ1) is 9.67. The van der Waals surface area contributed by atoms with Gasteiger partial charge < -0.3 is 4.98 Å². The number of H-pyrrole nitrogens is 1. The summed E-state index contributed by atoms with van der Waals surface area (Å²) in [5, 5.41) is 11.0. The largest absolute Gasteiger partial charge is 0.321 e. The summed E-state index contributed by atoms with van der Waals surface area (Å²) in [5.41, 5.74) is 0.0821. The highest BCUT2D eigenvalue weighted by atomic mass is 35.5. The maximum Gasteiger partial charge on any atom is 0.270 e. The van der Waals surface area contributed by atoms with E-state index in [4.69, 9.17) is 11.6 Å². The summed E-state index contributed by atoms with van der Waals surface area (Å²) in [7, 11) is 0. The van der Waals surface area contributed by atoms with E-state index in [1.165, 1.54) is 24.3 Å². The van der Waals surface area contributed by atoms with E-state index in [1.54, 1.807) is 0 Å². The molecule has 0 saturated heterocycles. The van der Waals surface area contributed by atoms with E-state index in [-0.39, 0.29) is 10.7 Å². The number of hydrogen-bond acceptors (Lipinski definition) is 3. The van der Waals surface area contributed by atoms with Crippen molar-refractivity contribution in [2.45, 2.75) is 0 Å². The van der Waals surface area contributed by atoms with Crippen LogP contribution in [0.2, 0.25) is 5.02 Å². The molecule has 0 fully saturated rings. The second-order valence-electron chi connectivity index (χ2n) is 2.98. The second-order valence-corrected chi connectivity index (χ2v) is 3.38. The normalized spacial score (nSPS) is 10.5. The Balaban J connectivity index is 2.77. The average molecular weight is 225 g/mol. The summed E-state index contributed by atoms with van der Waals surface area (Å²) in [6.07, 6.45) is 0. The van der Waals surface area contributed by atoms with Gasteiger partial charge in [0.1, 0.15) is 5.02 Å². The number of halogens is 1. The van der Waals surface area contributed by atoms with Gasteiger partial charge >= 0.3 is 0 Å². The van der Waals surface area contributed by atoms with Crippen molar-refractivity contribution in [3.05, 3.63) is 49.8 Å². The number of aromatic nitrogens is 1. The van der Waals surface area contributed by atoms with Crippen LogP contribution in [0.15, 0.2) is 29.1 Å². The summed E-state index contributed by atoms with van der Waals surface area (Å²) in [4.78, 5) is 23.6. The van der Waals surface area contributed by atoms with E-state index >= 15 is 0 Å². The number of aromatic amines is 1. The van der Waals surface area contributed by atoms with Gasteiger partial charge in [-0.05, 0) is 12.1 Å². The second kappa shape index (κ2) is 3.36. The molecule has 5 nitrogen and oxygen atoms in total. The molecule has 1 heterocycles. The molecule has 0 spiro atoms. The number of nitrogens with zero attached hydrogens (tertiary/aromatic N) is 1. The third-order valence-corrected chi connectivity index (χ3v) is 2.27. The highest BCUT2D eigenvalue weighted by Gasteiger charge is 2.07. The number of benzene rings is 1. The van der Waals surface area contributed by atoms with Crippen LogP contribution >= 0.6 is 11.6 Å². The van der Waals surface area contributed by atoms with Crippen molar-refractivity contribution in [2.75, 3.05) is 0 Å². The van der Waals surface area contributed by atoms with Crippen LogP contribution in [0.3, 0.4) is 0 Å². The number of fused-ring (bicyclic) bond motifs is 1. The lowest BCUT2D eigenvalue weighted by molar-refractivity contribution is -0.384. The minimum atomic E-state index is -0.502. The molecule has 0 atom stereocenters. The third kappa shape index (κ3) is 1.69. The predicted octanol–water partition coefficient (Wildman–Crippen LogP) is 2.09. The summed E-state index contributed by atoms with van der Waals surface area (Å²) >= 11 is 5.61. The number of nitro groups is 1. The van der Waals surface area contributed by atoms with Crippen LogP contribution in [0, 0.1) is 10.1 Å². The smallest absolute Gasteiger partial charge is 0.270 e. The number of nitrogens with one attached hydrogen (secondary N) is 1. The summed E-state index contributed by atoms with van der Waals surface area (Å²) < 4.78 is 0. The highest BCUT2D eigenvalue weighted by molar-refractivity contribution is 6.31. The molecule has 15 heavy (non-hydrogen) atoms. The fraction of sp³-hybridized carbons (Fsp3) is 0. The van der Waals surface area contributed by atoms with Crippen molar-refractivity contribution in [2.24, 2.45) is 0 Å². The molecule has 0 unspecified atom stereocenters. The Morgan fingerprint density at radius 1 is 1.33 bits per heavy atom. The van der Waals surface area contributed by atoms with E-state index in [1.807, 2.05) is 0 Å². The zero-order valence-electron chi connectivity index (χ0n) is 7.36. The van der Waals surface area contributed by atoms with Gasteiger partial charge in [0, 0.05) is 23.0 Å². The number of pyridine rings is 1. The maximum absolute atomic E-state index is 11.1. The number of nitro benzene ring substituents is 1. The van der Waals surface area contributed by atoms with Gasteiger partial charge in [-0.1, -0.05) is 11.6 Å². The van der Waals surface area contributed by atoms with Gasteiger partial charge in [-0.3, -0.25) is 14.9 Å². The molecule has 0 aliphatic carbocycles. The van der Waals surface area contributed by atoms with E-state index in [0.29, 0.717) is 10.9 Å². The minimum Gasteiger partial charge on any atom is -0.321 e. The first-order chi connectivity index (χ1) is 7.08. The van der Waals surface area contributed by atoms with Crippen LogP contribution in [-0.4, -0.2) is 9.91 Å². The zero-order chi connectivity index (χ0) is 11.0. The molecule has 1 aromatic heterocycles. The van der Waals surface area contributed by atoms with Crippen LogP contribution in [0.4, 0.5) is 5.69 Å². The topological polar surface area (TPSA) is 76.0 Å². The lowest BCUT2D eigenvalue weighted by Crippen LogP contribution is -2.05. The Morgan fingerprint density at radius 2 is 2.07 bits per heavy atom. The van der Waals surface area contributed by atoms with E-state index in [9.17, 15) is 14.9 Å². The summed E-state index contributed by atoms with van der Waals surface area (Å²) in [5.74, 6) is 0. The molecule has 0 saturated carbocycles. The first-order valence-electron chi connectivity index (χ1n) is 4.05. The Morgan fingerprint density at radius 3 is 2.73 bits per heavy atom. The van der Waals surface area contributed by atoms with Gasteiger partial charge in [-0.15, -0.1) is 0 Å². The molecule has 0 amide bonds. The van der Waals surface area contributed by atoms with Crippen LogP contribution in [0.5, 0.6) is 0 Å². The van der Waals surface area contributed by atoms with E-state index in [2.05, 4.69) is 4.98 Å². The maximum atomic E-state index is 11.1. The van der Waals surface area contributed by atoms with Crippen LogP contribution in [0.1, 0.15) is 0 Å². The molecule has 0 aliphatic rings. The molecule has 1 aromatic carbocycles. The number of rotatable bonds is 1. The first-order valence-corrected chi connectivity index (χ1v) is 4.43. The van der Waals surface area contributed by atoms with Crippen LogP contribution < -0.4 is 5.56 Å². The fourth-order valence-electron chi connectivity index (χ4n) is 1.28. The Kier molecular flexibility index (Phi) is 2.17. The van der Waals surface area contributed by atoms with Crippen molar-refractivity contribution in [3.8, 4) is 0 Å². The molecule has 1 N–H and O–H groups in total. The minimum absolute atomic E-state index is 0.0167. The van der Waals surface area contributed by atoms with Crippen LogP contribution in [0.25, 0.3) is 10.9 Å². The van der Waals surface area contributed by atoms with Gasteiger partial charge in [0.25, 0.3) is 11.2 Å². The SMILES string of the molecule is O=c1[nH]c2ccc([N+](=O)[O-])cc2cc1Cl. The van der Waals surface area contributed by atoms with E-state index in [0.717, 1.165) is 0 Å². The molecule has 76 valence electrons. The van der Waals surface area contributed by atoms with Gasteiger partial charge in [-0.25, -0.2) is 0 Å². The molecule has 0 bridgehead atoms. The van der Waals surface area contributed by atoms with Gasteiger partial charge in [-0.2, -0.15) is 0 Å². The Hall–Kier alpha value is -1.88. The molecular formula is C9H5ClN2O3. The van der Waals surface area contributed by atoms with Crippen molar-refractivity contribution >= 4 is 28.2 Å². The van der Waals surface area contributed by atoms with E-state index < -0.39 is 10.5 Å². The molecule has 0 radical (unpaired) electrons. The van der Waals surface area contributed by atoms with Gasteiger partial charge in [0.15, 0.2) is 0 Å². The van der Waals surface area contributed by atoms with Gasteiger partial charge in [0.05, 0.1) is 4.92 Å². The predicted molar refractivity (Wildman–Crippen MR) is 56.2 cm³/mol. The number of non-ortho nitro benzene ring substituents is 1. The molecular weight excluding hydrogens is 220 g/mol. The molecule has 2 rings (SSSR count). The summed E-state index contributed by atoms with van der Waals surface area (Å²) in [6, 6.07) is 5.57.